The molecule has 0 spiro atoms. The minimum Gasteiger partial charge on any atom is -0.462 e. The zero-order chi connectivity index (χ0) is 18.9. The first-order valence-corrected chi connectivity index (χ1v) is 10.0. The van der Waals surface area contributed by atoms with Gasteiger partial charge < -0.3 is 20.3 Å². The molecule has 1 aliphatic rings. The van der Waals surface area contributed by atoms with Crippen molar-refractivity contribution in [3.8, 4) is 0 Å². The van der Waals surface area contributed by atoms with Gasteiger partial charge in [-0.3, -0.25) is 0 Å². The summed E-state index contributed by atoms with van der Waals surface area (Å²) >= 11 is 11.5. The van der Waals surface area contributed by atoms with Crippen molar-refractivity contribution in [1.82, 2.24) is 10.2 Å². The maximum absolute atomic E-state index is 11.8. The first-order valence-electron chi connectivity index (χ1n) is 9.23. The molecule has 0 aliphatic carbocycles. The van der Waals surface area contributed by atoms with E-state index in [9.17, 15) is 4.79 Å². The first-order chi connectivity index (χ1) is 12.5. The summed E-state index contributed by atoms with van der Waals surface area (Å²) in [5.41, 5.74) is 1.10. The van der Waals surface area contributed by atoms with Crippen LogP contribution in [0.3, 0.4) is 0 Å². The van der Waals surface area contributed by atoms with Crippen LogP contribution in [-0.2, 0) is 4.74 Å². The summed E-state index contributed by atoms with van der Waals surface area (Å²) in [6, 6.07) is 5.08. The number of ether oxygens (including phenoxy) is 1. The number of carbonyl (C=O) groups excluding carboxylic acids is 1. The minimum absolute atomic E-state index is 0.319. The van der Waals surface area contributed by atoms with Gasteiger partial charge in [-0.15, -0.1) is 0 Å². The number of rotatable bonds is 7. The minimum atomic E-state index is -0.420. The SMILES string of the molecule is CCOC(=O)c1ccc(NC(=S)NCCCN2CCC[C@@H](C)C2)cc1Cl. The Labute approximate surface area is 166 Å². The molecule has 0 radical (unpaired) electrons. The molecule has 0 amide bonds. The maximum atomic E-state index is 11.8. The monoisotopic (exact) mass is 397 g/mol. The molecule has 0 saturated carbocycles. The lowest BCUT2D eigenvalue weighted by atomic mass is 10.0. The Morgan fingerprint density at radius 2 is 2.27 bits per heavy atom. The standard InChI is InChI=1S/C19H28ClN3O2S/c1-3-25-18(24)16-8-7-15(12-17(16)20)22-19(26)21-9-5-11-23-10-4-6-14(2)13-23/h7-8,12,14H,3-6,9-11,13H2,1-2H3,(H2,21,22,26)/t14-/m1/s1. The van der Waals surface area contributed by atoms with Crippen molar-refractivity contribution in [2.75, 3.05) is 38.1 Å². The molecule has 1 aliphatic heterocycles. The van der Waals surface area contributed by atoms with E-state index >= 15 is 0 Å². The number of hydrogen-bond donors (Lipinski definition) is 2. The molecule has 7 heteroatoms. The number of piperidine rings is 1. The van der Waals surface area contributed by atoms with E-state index in [0.717, 1.165) is 31.1 Å². The van der Waals surface area contributed by atoms with Crippen LogP contribution in [0.25, 0.3) is 0 Å². The molecule has 1 fully saturated rings. The quantitative estimate of drug-likeness (QED) is 0.413. The highest BCUT2D eigenvalue weighted by Crippen LogP contribution is 2.22. The largest absolute Gasteiger partial charge is 0.462 e. The molecule has 1 atom stereocenters. The van der Waals surface area contributed by atoms with Gasteiger partial charge in [0.15, 0.2) is 5.11 Å². The Bertz CT molecular complexity index is 627. The number of thiocarbonyl (C=S) groups is 1. The number of hydrogen-bond acceptors (Lipinski definition) is 4. The summed E-state index contributed by atoms with van der Waals surface area (Å²) in [6.07, 6.45) is 3.70. The van der Waals surface area contributed by atoms with Gasteiger partial charge in [0.05, 0.1) is 17.2 Å². The predicted molar refractivity (Wildman–Crippen MR) is 111 cm³/mol. The summed E-state index contributed by atoms with van der Waals surface area (Å²) in [5, 5.41) is 7.21. The van der Waals surface area contributed by atoms with E-state index in [1.807, 2.05) is 0 Å². The topological polar surface area (TPSA) is 53.6 Å². The number of esters is 1. The molecule has 1 aromatic carbocycles. The lowest BCUT2D eigenvalue weighted by Crippen LogP contribution is -2.37. The zero-order valence-electron chi connectivity index (χ0n) is 15.5. The number of nitrogens with one attached hydrogen (secondary N) is 2. The molecule has 144 valence electrons. The van der Waals surface area contributed by atoms with Crippen molar-refractivity contribution < 1.29 is 9.53 Å². The van der Waals surface area contributed by atoms with Gasteiger partial charge >= 0.3 is 5.97 Å². The van der Waals surface area contributed by atoms with Crippen LogP contribution in [0.15, 0.2) is 18.2 Å². The molecule has 1 saturated heterocycles. The van der Waals surface area contributed by atoms with E-state index in [1.54, 1.807) is 25.1 Å². The molecule has 1 heterocycles. The van der Waals surface area contributed by atoms with Crippen LogP contribution in [0.4, 0.5) is 5.69 Å². The fourth-order valence-electron chi connectivity index (χ4n) is 3.14. The number of carbonyl (C=O) groups is 1. The van der Waals surface area contributed by atoms with Gasteiger partial charge in [0.25, 0.3) is 0 Å². The van der Waals surface area contributed by atoms with Gasteiger partial charge in [-0.25, -0.2) is 4.79 Å². The number of likely N-dealkylation sites (tertiary alicyclic amines) is 1. The highest BCUT2D eigenvalue weighted by atomic mass is 35.5. The van der Waals surface area contributed by atoms with Crippen molar-refractivity contribution >= 4 is 40.6 Å². The zero-order valence-corrected chi connectivity index (χ0v) is 17.1. The van der Waals surface area contributed by atoms with E-state index in [0.29, 0.717) is 22.3 Å². The molecular formula is C19H28ClN3O2S. The van der Waals surface area contributed by atoms with Gasteiger partial charge in [0, 0.05) is 18.8 Å². The Kier molecular flexibility index (Phi) is 8.62. The summed E-state index contributed by atoms with van der Waals surface area (Å²) in [7, 11) is 0. The lowest BCUT2D eigenvalue weighted by Gasteiger charge is -2.30. The van der Waals surface area contributed by atoms with Gasteiger partial charge in [0.1, 0.15) is 0 Å². The second kappa shape index (κ2) is 10.7. The molecule has 2 rings (SSSR count). The summed E-state index contributed by atoms with van der Waals surface area (Å²) in [6.45, 7) is 8.73. The van der Waals surface area contributed by atoms with Crippen molar-refractivity contribution in [2.45, 2.75) is 33.1 Å². The number of anilines is 1. The van der Waals surface area contributed by atoms with Crippen molar-refractivity contribution in [3.05, 3.63) is 28.8 Å². The van der Waals surface area contributed by atoms with Gasteiger partial charge in [0.2, 0.25) is 0 Å². The highest BCUT2D eigenvalue weighted by molar-refractivity contribution is 7.80. The van der Waals surface area contributed by atoms with Crippen LogP contribution in [0.1, 0.15) is 43.5 Å². The van der Waals surface area contributed by atoms with Crippen LogP contribution < -0.4 is 10.6 Å². The Morgan fingerprint density at radius 1 is 1.46 bits per heavy atom. The van der Waals surface area contributed by atoms with E-state index in [-0.39, 0.29) is 0 Å². The van der Waals surface area contributed by atoms with Gasteiger partial charge in [-0.05, 0) is 75.6 Å². The van der Waals surface area contributed by atoms with E-state index < -0.39 is 5.97 Å². The smallest absolute Gasteiger partial charge is 0.339 e. The fourth-order valence-corrected chi connectivity index (χ4v) is 3.61. The fraction of sp³-hybridized carbons (Fsp3) is 0.579. The molecule has 0 aromatic heterocycles. The number of benzene rings is 1. The third-order valence-electron chi connectivity index (χ3n) is 4.40. The van der Waals surface area contributed by atoms with Crippen LogP contribution in [0, 0.1) is 5.92 Å². The third-order valence-corrected chi connectivity index (χ3v) is 4.96. The van der Waals surface area contributed by atoms with E-state index in [2.05, 4.69) is 22.5 Å². The average molecular weight is 398 g/mol. The Balaban J connectivity index is 1.72. The Hall–Kier alpha value is -1.37. The van der Waals surface area contributed by atoms with Gasteiger partial charge in [-0.2, -0.15) is 0 Å². The molecule has 1 aromatic rings. The summed E-state index contributed by atoms with van der Waals surface area (Å²) in [5.74, 6) is 0.388. The predicted octanol–water partition coefficient (Wildman–Crippen LogP) is 3.93. The van der Waals surface area contributed by atoms with Crippen LogP contribution in [-0.4, -0.2) is 48.8 Å². The summed E-state index contributed by atoms with van der Waals surface area (Å²) in [4.78, 5) is 14.3. The molecule has 5 nitrogen and oxygen atoms in total. The van der Waals surface area contributed by atoms with Crippen molar-refractivity contribution in [2.24, 2.45) is 5.92 Å². The molecule has 0 bridgehead atoms. The van der Waals surface area contributed by atoms with Crippen molar-refractivity contribution in [3.63, 3.8) is 0 Å². The van der Waals surface area contributed by atoms with Crippen LogP contribution in [0.2, 0.25) is 5.02 Å². The van der Waals surface area contributed by atoms with Crippen LogP contribution >= 0.6 is 23.8 Å². The first kappa shape index (κ1) is 20.9. The average Bonchev–Trinajstić information content (AvgIpc) is 2.59. The number of nitrogens with zero attached hydrogens (tertiary/aromatic N) is 1. The molecule has 2 N–H and O–H groups in total. The van der Waals surface area contributed by atoms with Gasteiger partial charge in [-0.1, -0.05) is 18.5 Å². The Morgan fingerprint density at radius 3 is 2.96 bits per heavy atom. The third kappa shape index (κ3) is 6.74. The van der Waals surface area contributed by atoms with E-state index in [4.69, 9.17) is 28.6 Å². The second-order valence-corrected chi connectivity index (χ2v) is 7.51. The molecular weight excluding hydrogens is 370 g/mol. The normalized spacial score (nSPS) is 17.6. The highest BCUT2D eigenvalue weighted by Gasteiger charge is 2.15. The summed E-state index contributed by atoms with van der Waals surface area (Å²) < 4.78 is 4.97. The lowest BCUT2D eigenvalue weighted by molar-refractivity contribution is 0.0526. The van der Waals surface area contributed by atoms with Crippen molar-refractivity contribution in [1.29, 1.82) is 0 Å². The van der Waals surface area contributed by atoms with E-state index in [1.165, 1.54) is 25.9 Å². The maximum Gasteiger partial charge on any atom is 0.339 e. The molecule has 26 heavy (non-hydrogen) atoms. The second-order valence-electron chi connectivity index (χ2n) is 6.70. The molecule has 0 unspecified atom stereocenters. The number of halogens is 1. The van der Waals surface area contributed by atoms with Crippen LogP contribution in [0.5, 0.6) is 0 Å².